The molecule has 8 heteroatoms. The van der Waals surface area contributed by atoms with Gasteiger partial charge in [0.15, 0.2) is 0 Å². The fourth-order valence-corrected chi connectivity index (χ4v) is 1.93. The van der Waals surface area contributed by atoms with Crippen LogP contribution in [0.2, 0.25) is 0 Å². The summed E-state index contributed by atoms with van der Waals surface area (Å²) in [6, 6.07) is 6.46. The van der Waals surface area contributed by atoms with Crippen LogP contribution in [0.15, 0.2) is 24.3 Å². The van der Waals surface area contributed by atoms with E-state index in [0.29, 0.717) is 11.3 Å². The third-order valence-electron chi connectivity index (χ3n) is 3.06. The van der Waals surface area contributed by atoms with E-state index >= 15 is 0 Å². The van der Waals surface area contributed by atoms with Crippen LogP contribution in [0.1, 0.15) is 37.0 Å². The Balaban J connectivity index is 2.25. The smallest absolute Gasteiger partial charge is 0.306 e. The molecule has 3 amide bonds. The highest BCUT2D eigenvalue weighted by Crippen LogP contribution is 2.09. The maximum absolute atomic E-state index is 11.9. The van der Waals surface area contributed by atoms with Crippen LogP contribution in [0.3, 0.4) is 0 Å². The molecule has 1 aromatic carbocycles. The molecule has 3 N–H and O–H groups in total. The SMILES string of the molecule is CCOC(=O)CCC(=O)NCCNC(=O)c1ccc(NC(C)=O)cc1. The molecule has 0 bridgehead atoms. The highest BCUT2D eigenvalue weighted by molar-refractivity contribution is 5.95. The monoisotopic (exact) mass is 349 g/mol. The van der Waals surface area contributed by atoms with E-state index < -0.39 is 5.97 Å². The fourth-order valence-electron chi connectivity index (χ4n) is 1.93. The second-order valence-corrected chi connectivity index (χ2v) is 5.17. The summed E-state index contributed by atoms with van der Waals surface area (Å²) in [5, 5.41) is 7.89. The van der Waals surface area contributed by atoms with Crippen LogP contribution in [0.4, 0.5) is 5.69 Å². The van der Waals surface area contributed by atoms with Crippen LogP contribution in [0.5, 0.6) is 0 Å². The largest absolute Gasteiger partial charge is 0.466 e. The minimum atomic E-state index is -0.409. The number of anilines is 1. The lowest BCUT2D eigenvalue weighted by atomic mass is 10.2. The van der Waals surface area contributed by atoms with E-state index in [1.54, 1.807) is 31.2 Å². The number of carbonyl (C=O) groups excluding carboxylic acids is 4. The van der Waals surface area contributed by atoms with Crippen LogP contribution in [-0.2, 0) is 19.1 Å². The number of esters is 1. The summed E-state index contributed by atoms with van der Waals surface area (Å²) >= 11 is 0. The molecule has 0 aromatic heterocycles. The average molecular weight is 349 g/mol. The molecule has 0 aliphatic rings. The molecule has 0 aliphatic carbocycles. The summed E-state index contributed by atoms with van der Waals surface area (Å²) in [7, 11) is 0. The number of hydrogen-bond acceptors (Lipinski definition) is 5. The normalized spacial score (nSPS) is 9.84. The first kappa shape index (κ1) is 20.1. The van der Waals surface area contributed by atoms with E-state index in [1.807, 2.05) is 0 Å². The van der Waals surface area contributed by atoms with Crippen LogP contribution >= 0.6 is 0 Å². The van der Waals surface area contributed by atoms with Crippen molar-refractivity contribution in [1.82, 2.24) is 10.6 Å². The molecular formula is C17H23N3O5. The van der Waals surface area contributed by atoms with E-state index in [1.165, 1.54) is 6.92 Å². The molecular weight excluding hydrogens is 326 g/mol. The Morgan fingerprint density at radius 1 is 0.960 bits per heavy atom. The molecule has 1 rings (SSSR count). The Hall–Kier alpha value is -2.90. The van der Waals surface area contributed by atoms with Crippen molar-refractivity contribution in [2.45, 2.75) is 26.7 Å². The molecule has 0 saturated carbocycles. The maximum Gasteiger partial charge on any atom is 0.306 e. The van der Waals surface area contributed by atoms with Crippen molar-refractivity contribution in [2.75, 3.05) is 25.0 Å². The highest BCUT2D eigenvalue weighted by atomic mass is 16.5. The lowest BCUT2D eigenvalue weighted by Gasteiger charge is -2.08. The summed E-state index contributed by atoms with van der Waals surface area (Å²) in [5.41, 5.74) is 1.06. The Bertz CT molecular complexity index is 613. The topological polar surface area (TPSA) is 114 Å². The first-order chi connectivity index (χ1) is 11.9. The first-order valence-electron chi connectivity index (χ1n) is 8.00. The standard InChI is InChI=1S/C17H23N3O5/c1-3-25-16(23)9-8-15(22)18-10-11-19-17(24)13-4-6-14(7-5-13)20-12(2)21/h4-7H,3,8-11H2,1-2H3,(H,18,22)(H,19,24)(H,20,21). The number of nitrogens with one attached hydrogen (secondary N) is 3. The summed E-state index contributed by atoms with van der Waals surface area (Å²) in [5.74, 6) is -1.15. The molecule has 0 radical (unpaired) electrons. The minimum absolute atomic E-state index is 0.0344. The number of benzene rings is 1. The van der Waals surface area contributed by atoms with E-state index in [4.69, 9.17) is 4.74 Å². The summed E-state index contributed by atoms with van der Waals surface area (Å²) < 4.78 is 4.73. The van der Waals surface area contributed by atoms with Gasteiger partial charge in [0.25, 0.3) is 5.91 Å². The molecule has 0 heterocycles. The Labute approximate surface area is 146 Å². The van der Waals surface area contributed by atoms with Gasteiger partial charge in [-0.05, 0) is 31.2 Å². The van der Waals surface area contributed by atoms with Crippen molar-refractivity contribution in [2.24, 2.45) is 0 Å². The molecule has 0 spiro atoms. The van der Waals surface area contributed by atoms with E-state index in [2.05, 4.69) is 16.0 Å². The molecule has 0 aliphatic heterocycles. The maximum atomic E-state index is 11.9. The second-order valence-electron chi connectivity index (χ2n) is 5.17. The van der Waals surface area contributed by atoms with Gasteiger partial charge in [-0.1, -0.05) is 0 Å². The zero-order valence-electron chi connectivity index (χ0n) is 14.4. The summed E-state index contributed by atoms with van der Waals surface area (Å²) in [6.07, 6.45) is 0.0874. The van der Waals surface area contributed by atoms with Crippen LogP contribution in [0, 0.1) is 0 Å². The molecule has 136 valence electrons. The number of amides is 3. The van der Waals surface area contributed by atoms with Crippen LogP contribution in [0.25, 0.3) is 0 Å². The van der Waals surface area contributed by atoms with Crippen molar-refractivity contribution in [3.63, 3.8) is 0 Å². The first-order valence-corrected chi connectivity index (χ1v) is 8.00. The second kappa shape index (κ2) is 10.8. The zero-order valence-corrected chi connectivity index (χ0v) is 14.4. The molecule has 25 heavy (non-hydrogen) atoms. The van der Waals surface area contributed by atoms with Gasteiger partial charge in [0, 0.05) is 37.7 Å². The van der Waals surface area contributed by atoms with E-state index in [-0.39, 0.29) is 50.3 Å². The van der Waals surface area contributed by atoms with Gasteiger partial charge < -0.3 is 20.7 Å². The predicted molar refractivity (Wildman–Crippen MR) is 92.0 cm³/mol. The number of carbonyl (C=O) groups is 4. The van der Waals surface area contributed by atoms with Gasteiger partial charge in [-0.15, -0.1) is 0 Å². The van der Waals surface area contributed by atoms with E-state index in [9.17, 15) is 19.2 Å². The summed E-state index contributed by atoms with van der Waals surface area (Å²) in [4.78, 5) is 45.5. The molecule has 8 nitrogen and oxygen atoms in total. The lowest BCUT2D eigenvalue weighted by molar-refractivity contribution is -0.144. The van der Waals surface area contributed by atoms with Gasteiger partial charge in [0.05, 0.1) is 13.0 Å². The summed E-state index contributed by atoms with van der Waals surface area (Å²) in [6.45, 7) is 3.92. The van der Waals surface area contributed by atoms with E-state index in [0.717, 1.165) is 0 Å². The Morgan fingerprint density at radius 3 is 2.20 bits per heavy atom. The molecule has 0 fully saturated rings. The molecule has 1 aromatic rings. The predicted octanol–water partition coefficient (Wildman–Crippen LogP) is 0.834. The van der Waals surface area contributed by atoms with Crippen molar-refractivity contribution in [3.8, 4) is 0 Å². The molecule has 0 saturated heterocycles. The highest BCUT2D eigenvalue weighted by Gasteiger charge is 2.08. The lowest BCUT2D eigenvalue weighted by Crippen LogP contribution is -2.34. The fraction of sp³-hybridized carbons (Fsp3) is 0.412. The number of rotatable bonds is 9. The van der Waals surface area contributed by atoms with Crippen molar-refractivity contribution in [3.05, 3.63) is 29.8 Å². The van der Waals surface area contributed by atoms with Crippen molar-refractivity contribution >= 4 is 29.4 Å². The van der Waals surface area contributed by atoms with Gasteiger partial charge >= 0.3 is 5.97 Å². The van der Waals surface area contributed by atoms with Gasteiger partial charge in [0.1, 0.15) is 0 Å². The average Bonchev–Trinajstić information content (AvgIpc) is 2.57. The number of hydrogen-bond donors (Lipinski definition) is 3. The van der Waals surface area contributed by atoms with Crippen LogP contribution in [-0.4, -0.2) is 43.4 Å². The Kier molecular flexibility index (Phi) is 8.70. The molecule has 0 atom stereocenters. The Morgan fingerprint density at radius 2 is 1.60 bits per heavy atom. The quantitative estimate of drug-likeness (QED) is 0.451. The van der Waals surface area contributed by atoms with Gasteiger partial charge in [-0.3, -0.25) is 19.2 Å². The van der Waals surface area contributed by atoms with Gasteiger partial charge in [-0.2, -0.15) is 0 Å². The van der Waals surface area contributed by atoms with Crippen molar-refractivity contribution < 1.29 is 23.9 Å². The van der Waals surface area contributed by atoms with Gasteiger partial charge in [0.2, 0.25) is 11.8 Å². The number of ether oxygens (including phenoxy) is 1. The molecule has 0 unspecified atom stereocenters. The zero-order chi connectivity index (χ0) is 18.7. The van der Waals surface area contributed by atoms with Crippen molar-refractivity contribution in [1.29, 1.82) is 0 Å². The van der Waals surface area contributed by atoms with Gasteiger partial charge in [-0.25, -0.2) is 0 Å². The van der Waals surface area contributed by atoms with Crippen LogP contribution < -0.4 is 16.0 Å². The minimum Gasteiger partial charge on any atom is -0.466 e. The third kappa shape index (κ3) is 8.50. The third-order valence-corrected chi connectivity index (χ3v) is 3.06.